The quantitative estimate of drug-likeness (QED) is 0.159. The Balaban J connectivity index is 1.24. The summed E-state index contributed by atoms with van der Waals surface area (Å²) in [5.41, 5.74) is 14.1. The first-order valence-electron chi connectivity index (χ1n) is 25.2. The third-order valence-corrected chi connectivity index (χ3v) is 15.7. The Morgan fingerprint density at radius 1 is 0.280 bits per heavy atom. The fraction of sp³-hybridized carbons (Fsp3) is 0. The second-order valence-corrected chi connectivity index (χ2v) is 19.4. The minimum absolute atomic E-state index is 0.258. The van der Waals surface area contributed by atoms with Crippen molar-refractivity contribution in [3.8, 4) is 34.5 Å². The van der Waals surface area contributed by atoms with Crippen molar-refractivity contribution >= 4 is 115 Å². The summed E-state index contributed by atoms with van der Waals surface area (Å²) >= 11 is 0. The van der Waals surface area contributed by atoms with Crippen LogP contribution in [0.5, 0.6) is 0 Å². The van der Waals surface area contributed by atoms with Crippen LogP contribution in [0.3, 0.4) is 0 Å². The number of fused-ring (bicyclic) bond motifs is 15. The van der Waals surface area contributed by atoms with Crippen molar-refractivity contribution < 1.29 is 0 Å². The Hall–Kier alpha value is -10.6. The molecule has 0 aliphatic heterocycles. The van der Waals surface area contributed by atoms with Crippen molar-refractivity contribution in [2.75, 3.05) is 0 Å². The van der Waals surface area contributed by atoms with Gasteiger partial charge in [-0.2, -0.15) is 5.26 Å². The normalized spacial score (nSPS) is 12.0. The van der Waals surface area contributed by atoms with Gasteiger partial charge in [0.05, 0.1) is 96.1 Å². The molecule has 75 heavy (non-hydrogen) atoms. The zero-order valence-corrected chi connectivity index (χ0v) is 40.1. The molecule has 0 amide bonds. The zero-order valence-electron chi connectivity index (χ0n) is 40.1. The second kappa shape index (κ2) is 15.5. The Bertz CT molecular complexity index is 5060. The highest BCUT2D eigenvalue weighted by atomic mass is 15.2. The topological polar surface area (TPSA) is 52.8 Å². The minimum atomic E-state index is 0.258. The van der Waals surface area contributed by atoms with E-state index < -0.39 is 0 Å². The average molecular weight is 954 g/mol. The SMILES string of the molecule is [C-]#[N+]c1c(C#N)c(-n2c3ccccc3c3ccccc32)c(-n2c3ccccc3c3cc4c5ccccc5n(-c5ccccc5)c4cc32)c(-n2c3ccccc3c3ccccc32)c1-n1c2ccccc2c2ccccc21. The summed E-state index contributed by atoms with van der Waals surface area (Å²) in [7, 11) is 0. The number of nitrogens with zero attached hydrogens (tertiary/aromatic N) is 7. The van der Waals surface area contributed by atoms with E-state index in [1.54, 1.807) is 0 Å². The summed E-state index contributed by atoms with van der Waals surface area (Å²) in [4.78, 5) is 4.60. The van der Waals surface area contributed by atoms with Gasteiger partial charge in [0.2, 0.25) is 5.69 Å². The molecule has 0 radical (unpaired) electrons. The highest BCUT2D eigenvalue weighted by molar-refractivity contribution is 6.21. The minimum Gasteiger partial charge on any atom is -0.317 e. The number of nitriles is 1. The summed E-state index contributed by atoms with van der Waals surface area (Å²) in [5.74, 6) is 0. The summed E-state index contributed by atoms with van der Waals surface area (Å²) in [6.07, 6.45) is 0. The van der Waals surface area contributed by atoms with Crippen LogP contribution >= 0.6 is 0 Å². The van der Waals surface area contributed by atoms with Crippen LogP contribution in [-0.4, -0.2) is 22.8 Å². The van der Waals surface area contributed by atoms with E-state index in [1.807, 2.05) is 0 Å². The molecular weight excluding hydrogens is 915 g/mol. The lowest BCUT2D eigenvalue weighted by atomic mass is 10.0. The van der Waals surface area contributed by atoms with Gasteiger partial charge in [-0.1, -0.05) is 164 Å². The van der Waals surface area contributed by atoms with Gasteiger partial charge in [0.1, 0.15) is 0 Å². The molecule has 0 spiro atoms. The van der Waals surface area contributed by atoms with Crippen molar-refractivity contribution in [3.05, 3.63) is 254 Å². The fourth-order valence-corrected chi connectivity index (χ4v) is 12.8. The van der Waals surface area contributed by atoms with E-state index in [1.165, 1.54) is 0 Å². The van der Waals surface area contributed by atoms with Crippen molar-refractivity contribution in [2.45, 2.75) is 0 Å². The lowest BCUT2D eigenvalue weighted by molar-refractivity contribution is 1.02. The van der Waals surface area contributed by atoms with Gasteiger partial charge in [-0.05, 0) is 72.8 Å². The monoisotopic (exact) mass is 953 g/mol. The molecule has 0 saturated carbocycles. The van der Waals surface area contributed by atoms with E-state index in [0.29, 0.717) is 11.4 Å². The first kappa shape index (κ1) is 41.1. The number of rotatable bonds is 5. The second-order valence-electron chi connectivity index (χ2n) is 19.4. The molecule has 0 aliphatic carbocycles. The Morgan fingerprint density at radius 2 is 0.560 bits per heavy atom. The first-order valence-corrected chi connectivity index (χ1v) is 25.2. The van der Waals surface area contributed by atoms with Crippen LogP contribution in [0.1, 0.15) is 5.56 Å². The van der Waals surface area contributed by atoms with Gasteiger partial charge < -0.3 is 22.8 Å². The number of hydrogen-bond donors (Lipinski definition) is 0. The van der Waals surface area contributed by atoms with Crippen molar-refractivity contribution in [1.29, 1.82) is 5.26 Å². The molecule has 0 saturated heterocycles. The Morgan fingerprint density at radius 3 is 0.933 bits per heavy atom. The Labute approximate surface area is 428 Å². The van der Waals surface area contributed by atoms with Gasteiger partial charge in [0.25, 0.3) is 0 Å². The first-order chi connectivity index (χ1) is 37.2. The van der Waals surface area contributed by atoms with Crippen LogP contribution < -0.4 is 0 Å². The molecule has 0 bridgehead atoms. The highest BCUT2D eigenvalue weighted by Crippen LogP contribution is 2.52. The number of hydrogen-bond acceptors (Lipinski definition) is 1. The van der Waals surface area contributed by atoms with Crippen LogP contribution in [0, 0.1) is 17.9 Å². The largest absolute Gasteiger partial charge is 0.317 e. The molecule has 0 unspecified atom stereocenters. The maximum absolute atomic E-state index is 12.3. The van der Waals surface area contributed by atoms with Gasteiger partial charge in [-0.25, -0.2) is 4.85 Å². The van der Waals surface area contributed by atoms with E-state index in [-0.39, 0.29) is 11.3 Å². The molecule has 16 aromatic rings. The van der Waals surface area contributed by atoms with Crippen LogP contribution in [0.2, 0.25) is 0 Å². The summed E-state index contributed by atoms with van der Waals surface area (Å²) in [6.45, 7) is 9.53. The van der Waals surface area contributed by atoms with Gasteiger partial charge >= 0.3 is 0 Å². The van der Waals surface area contributed by atoms with E-state index in [9.17, 15) is 11.8 Å². The zero-order chi connectivity index (χ0) is 49.5. The van der Waals surface area contributed by atoms with E-state index in [0.717, 1.165) is 126 Å². The Kier molecular flexibility index (Phi) is 8.46. The molecule has 5 heterocycles. The van der Waals surface area contributed by atoms with Crippen molar-refractivity contribution in [2.24, 2.45) is 0 Å². The molecule has 0 atom stereocenters. The van der Waals surface area contributed by atoms with Crippen LogP contribution in [0.4, 0.5) is 5.69 Å². The predicted molar refractivity (Wildman–Crippen MR) is 309 cm³/mol. The molecule has 0 aliphatic rings. The molecular formula is C68H39N7. The maximum atomic E-state index is 12.3. The fourth-order valence-electron chi connectivity index (χ4n) is 12.8. The highest BCUT2D eigenvalue weighted by Gasteiger charge is 2.35. The van der Waals surface area contributed by atoms with Crippen molar-refractivity contribution in [1.82, 2.24) is 22.8 Å². The standard InChI is InChI=1S/C68H39N7/c1-70-64-53(41-69)65(72-55-32-14-5-23-43(55)44-24-6-15-33-56(44)72)67(75-61-38-20-12-30-50(61)52-39-51-49-29-11-13-31-54(49)71(62(51)40-63(52)75)42-21-3-2-4-22-42)68(74-59-36-18-9-27-47(59)48-28-10-19-37-60(48)74)66(64)73-57-34-16-7-25-45(57)46-26-8-17-35-58(46)73/h2-40H. The van der Waals surface area contributed by atoms with Gasteiger partial charge in [-0.15, -0.1) is 0 Å². The van der Waals surface area contributed by atoms with Gasteiger partial charge in [-0.3, -0.25) is 0 Å². The van der Waals surface area contributed by atoms with Gasteiger partial charge in [0.15, 0.2) is 0 Å². The van der Waals surface area contributed by atoms with Crippen LogP contribution in [0.15, 0.2) is 237 Å². The molecule has 16 rings (SSSR count). The lowest BCUT2D eigenvalue weighted by Crippen LogP contribution is -2.15. The van der Waals surface area contributed by atoms with E-state index in [4.69, 9.17) is 0 Å². The van der Waals surface area contributed by atoms with Crippen molar-refractivity contribution in [3.63, 3.8) is 0 Å². The third kappa shape index (κ3) is 5.45. The number of para-hydroxylation sites is 9. The molecule has 0 N–H and O–H groups in total. The summed E-state index contributed by atoms with van der Waals surface area (Å²) in [5, 5.41) is 23.1. The molecule has 346 valence electrons. The van der Waals surface area contributed by atoms with Crippen LogP contribution in [0.25, 0.3) is 142 Å². The van der Waals surface area contributed by atoms with E-state index >= 15 is 0 Å². The molecule has 5 aromatic heterocycles. The smallest absolute Gasteiger partial charge is 0.232 e. The average Bonchev–Trinajstić information content (AvgIpc) is 4.28. The summed E-state index contributed by atoms with van der Waals surface area (Å²) in [6, 6.07) is 86.5. The van der Waals surface area contributed by atoms with Crippen LogP contribution in [-0.2, 0) is 0 Å². The number of aromatic nitrogens is 5. The molecule has 7 heteroatoms. The van der Waals surface area contributed by atoms with Gasteiger partial charge in [0, 0.05) is 59.5 Å². The van der Waals surface area contributed by atoms with E-state index in [2.05, 4.69) is 270 Å². The third-order valence-electron chi connectivity index (χ3n) is 15.7. The lowest BCUT2D eigenvalue weighted by Gasteiger charge is -2.28. The summed E-state index contributed by atoms with van der Waals surface area (Å²) < 4.78 is 11.7. The molecule has 11 aromatic carbocycles. The number of benzene rings is 11. The predicted octanol–water partition coefficient (Wildman–Crippen LogP) is 17.6. The maximum Gasteiger partial charge on any atom is 0.232 e. The molecule has 7 nitrogen and oxygen atoms in total. The molecule has 0 fully saturated rings.